The summed E-state index contributed by atoms with van der Waals surface area (Å²) in [6.07, 6.45) is 1.87. The molecule has 0 saturated carbocycles. The highest BCUT2D eigenvalue weighted by atomic mass is 79.9. The van der Waals surface area contributed by atoms with Crippen molar-refractivity contribution in [3.05, 3.63) is 34.2 Å². The molecule has 1 aromatic heterocycles. The van der Waals surface area contributed by atoms with Gasteiger partial charge >= 0.3 is 0 Å². The van der Waals surface area contributed by atoms with E-state index in [0.29, 0.717) is 0 Å². The van der Waals surface area contributed by atoms with Gasteiger partial charge in [-0.2, -0.15) is 0 Å². The lowest BCUT2D eigenvalue weighted by Gasteiger charge is -2.03. The van der Waals surface area contributed by atoms with Gasteiger partial charge in [0.25, 0.3) is 0 Å². The predicted molar refractivity (Wildman–Crippen MR) is 68.1 cm³/mol. The van der Waals surface area contributed by atoms with Crippen LogP contribution < -0.4 is 0 Å². The Kier molecular flexibility index (Phi) is 4.21. The Balaban J connectivity index is 0.000000531. The molecule has 0 spiro atoms. The van der Waals surface area contributed by atoms with Crippen molar-refractivity contribution in [2.75, 3.05) is 0 Å². The summed E-state index contributed by atoms with van der Waals surface area (Å²) >= 11 is 3.48. The summed E-state index contributed by atoms with van der Waals surface area (Å²) in [5, 5.41) is 1.11. The zero-order chi connectivity index (χ0) is 11.4. The molecule has 1 heterocycles. The maximum absolute atomic E-state index is 4.35. The molecule has 2 rings (SSSR count). The van der Waals surface area contributed by atoms with Crippen molar-refractivity contribution in [2.24, 2.45) is 0 Å². The van der Waals surface area contributed by atoms with E-state index < -0.39 is 0 Å². The predicted octanol–water partition coefficient (Wildman–Crippen LogP) is 4.04. The molecular weight excluding hydrogens is 252 g/mol. The lowest BCUT2D eigenvalue weighted by atomic mass is 10.1. The molecule has 0 aliphatic heterocycles. The van der Waals surface area contributed by atoms with E-state index in [1.165, 1.54) is 5.56 Å². The van der Waals surface area contributed by atoms with Gasteiger partial charge in [-0.3, -0.25) is 0 Å². The van der Waals surface area contributed by atoms with Crippen LogP contribution in [0, 0.1) is 13.8 Å². The van der Waals surface area contributed by atoms with Gasteiger partial charge in [0, 0.05) is 16.1 Å². The first kappa shape index (κ1) is 12.1. The molecule has 1 aromatic carbocycles. The second kappa shape index (κ2) is 5.21. The molecule has 0 unspecified atom stereocenters. The minimum Gasteiger partial charge on any atom is -0.241 e. The fourth-order valence-corrected chi connectivity index (χ4v) is 1.65. The summed E-state index contributed by atoms with van der Waals surface area (Å²) in [7, 11) is 0. The number of aryl methyl sites for hydroxylation is 2. The van der Waals surface area contributed by atoms with Crippen LogP contribution in [0.2, 0.25) is 0 Å². The van der Waals surface area contributed by atoms with Gasteiger partial charge in [-0.25, -0.2) is 9.97 Å². The Labute approximate surface area is 98.9 Å². The fraction of sp³-hybridized carbons (Fsp3) is 0.333. The first-order valence-electron chi connectivity index (χ1n) is 5.07. The van der Waals surface area contributed by atoms with Crippen molar-refractivity contribution in [1.29, 1.82) is 0 Å². The fourth-order valence-electron chi connectivity index (χ4n) is 1.31. The van der Waals surface area contributed by atoms with Gasteiger partial charge in [0.2, 0.25) is 0 Å². The second-order valence-electron chi connectivity index (χ2n) is 3.02. The number of hydrogen-bond donors (Lipinski definition) is 0. The van der Waals surface area contributed by atoms with E-state index in [4.69, 9.17) is 0 Å². The van der Waals surface area contributed by atoms with E-state index in [1.54, 1.807) is 0 Å². The Morgan fingerprint density at radius 1 is 1.13 bits per heavy atom. The van der Waals surface area contributed by atoms with Gasteiger partial charge in [-0.05, 0) is 31.5 Å². The average molecular weight is 267 g/mol. The summed E-state index contributed by atoms with van der Waals surface area (Å²) in [5.41, 5.74) is 2.20. The van der Waals surface area contributed by atoms with E-state index in [1.807, 2.05) is 39.1 Å². The van der Waals surface area contributed by atoms with Crippen molar-refractivity contribution in [1.82, 2.24) is 9.97 Å². The van der Waals surface area contributed by atoms with Gasteiger partial charge in [-0.1, -0.05) is 29.8 Å². The van der Waals surface area contributed by atoms with E-state index in [9.17, 15) is 0 Å². The van der Waals surface area contributed by atoms with Crippen LogP contribution in [0.5, 0.6) is 0 Å². The molecule has 2 aromatic rings. The molecule has 0 N–H and O–H groups in total. The van der Waals surface area contributed by atoms with Crippen molar-refractivity contribution in [3.63, 3.8) is 0 Å². The number of halogens is 1. The molecule has 0 amide bonds. The topological polar surface area (TPSA) is 25.8 Å². The molecular formula is C12H15BrN2. The Hall–Kier alpha value is -0.960. The molecule has 15 heavy (non-hydrogen) atoms. The van der Waals surface area contributed by atoms with Crippen molar-refractivity contribution in [2.45, 2.75) is 27.7 Å². The molecule has 2 nitrogen and oxygen atoms in total. The second-order valence-corrected chi connectivity index (χ2v) is 3.88. The van der Waals surface area contributed by atoms with Crippen LogP contribution in [0.1, 0.15) is 25.2 Å². The third-order valence-electron chi connectivity index (χ3n) is 2.09. The normalized spacial score (nSPS) is 9.67. The first-order valence-corrected chi connectivity index (χ1v) is 5.86. The van der Waals surface area contributed by atoms with Crippen LogP contribution in [-0.2, 0) is 0 Å². The van der Waals surface area contributed by atoms with Crippen LogP contribution in [0.3, 0.4) is 0 Å². The molecule has 0 aliphatic carbocycles. The summed E-state index contributed by atoms with van der Waals surface area (Å²) in [4.78, 5) is 8.52. The van der Waals surface area contributed by atoms with Crippen LogP contribution >= 0.6 is 15.9 Å². The van der Waals surface area contributed by atoms with E-state index in [2.05, 4.69) is 32.8 Å². The number of rotatable bonds is 0. The SMILES string of the molecule is CC.Cc1ncc2c(C)c(Br)ccc2n1. The molecule has 80 valence electrons. The summed E-state index contributed by atoms with van der Waals surface area (Å²) in [6.45, 7) is 7.96. The van der Waals surface area contributed by atoms with Crippen LogP contribution in [0.25, 0.3) is 10.9 Å². The molecule has 0 atom stereocenters. The third-order valence-corrected chi connectivity index (χ3v) is 2.95. The highest BCUT2D eigenvalue weighted by Crippen LogP contribution is 2.23. The highest BCUT2D eigenvalue weighted by Gasteiger charge is 2.02. The van der Waals surface area contributed by atoms with Gasteiger partial charge in [0.15, 0.2) is 0 Å². The van der Waals surface area contributed by atoms with E-state index in [0.717, 1.165) is 21.2 Å². The molecule has 0 radical (unpaired) electrons. The highest BCUT2D eigenvalue weighted by molar-refractivity contribution is 9.10. The average Bonchev–Trinajstić information content (AvgIpc) is 2.26. The Morgan fingerprint density at radius 3 is 2.47 bits per heavy atom. The van der Waals surface area contributed by atoms with Crippen LogP contribution in [-0.4, -0.2) is 9.97 Å². The van der Waals surface area contributed by atoms with E-state index >= 15 is 0 Å². The number of aromatic nitrogens is 2. The molecule has 0 bridgehead atoms. The minimum absolute atomic E-state index is 0.814. The largest absolute Gasteiger partial charge is 0.241 e. The standard InChI is InChI=1S/C10H9BrN2.C2H6/c1-6-8-5-12-7(2)13-10(8)4-3-9(6)11;1-2/h3-5H,1-2H3;1-2H3. The van der Waals surface area contributed by atoms with Crippen LogP contribution in [0.15, 0.2) is 22.8 Å². The first-order chi connectivity index (χ1) is 7.18. The van der Waals surface area contributed by atoms with Crippen molar-refractivity contribution < 1.29 is 0 Å². The smallest absolute Gasteiger partial charge is 0.125 e. The lowest BCUT2D eigenvalue weighted by Crippen LogP contribution is -1.89. The minimum atomic E-state index is 0.814. The maximum atomic E-state index is 4.35. The quantitative estimate of drug-likeness (QED) is 0.720. The van der Waals surface area contributed by atoms with Crippen molar-refractivity contribution in [3.8, 4) is 0 Å². The molecule has 0 saturated heterocycles. The summed E-state index contributed by atoms with van der Waals surface area (Å²) in [5.74, 6) is 0.814. The van der Waals surface area contributed by atoms with E-state index in [-0.39, 0.29) is 0 Å². The Bertz CT molecular complexity index is 466. The van der Waals surface area contributed by atoms with Gasteiger partial charge in [0.1, 0.15) is 5.82 Å². The summed E-state index contributed by atoms with van der Waals surface area (Å²) < 4.78 is 1.10. The van der Waals surface area contributed by atoms with Gasteiger partial charge in [0.05, 0.1) is 5.52 Å². The van der Waals surface area contributed by atoms with Gasteiger partial charge < -0.3 is 0 Å². The number of fused-ring (bicyclic) bond motifs is 1. The third kappa shape index (κ3) is 2.53. The molecule has 3 heteroatoms. The maximum Gasteiger partial charge on any atom is 0.125 e. The van der Waals surface area contributed by atoms with Crippen LogP contribution in [0.4, 0.5) is 0 Å². The van der Waals surface area contributed by atoms with Crippen molar-refractivity contribution >= 4 is 26.8 Å². The molecule has 0 aliphatic rings. The molecule has 0 fully saturated rings. The zero-order valence-corrected chi connectivity index (χ0v) is 11.1. The number of nitrogens with zero attached hydrogens (tertiary/aromatic N) is 2. The lowest BCUT2D eigenvalue weighted by molar-refractivity contribution is 1.09. The van der Waals surface area contributed by atoms with Gasteiger partial charge in [-0.15, -0.1) is 0 Å². The zero-order valence-electron chi connectivity index (χ0n) is 9.50. The number of hydrogen-bond acceptors (Lipinski definition) is 2. The summed E-state index contributed by atoms with van der Waals surface area (Å²) in [6, 6.07) is 4.02. The number of benzene rings is 1. The Morgan fingerprint density at radius 2 is 1.80 bits per heavy atom. The monoisotopic (exact) mass is 266 g/mol.